The van der Waals surface area contributed by atoms with Crippen LogP contribution < -0.4 is 11.1 Å². The quantitative estimate of drug-likeness (QED) is 0.826. The highest BCUT2D eigenvalue weighted by Gasteiger charge is 2.17. The summed E-state index contributed by atoms with van der Waals surface area (Å²) in [6.07, 6.45) is 2.96. The van der Waals surface area contributed by atoms with Gasteiger partial charge in [0, 0.05) is 24.0 Å². The van der Waals surface area contributed by atoms with Crippen molar-refractivity contribution in [2.75, 3.05) is 6.54 Å². The Balaban J connectivity index is 2.17. The Morgan fingerprint density at radius 3 is 2.86 bits per heavy atom. The van der Waals surface area contributed by atoms with E-state index in [1.54, 1.807) is 4.52 Å². The zero-order valence-corrected chi connectivity index (χ0v) is 12.8. The van der Waals surface area contributed by atoms with Gasteiger partial charge in [-0.1, -0.05) is 19.8 Å². The summed E-state index contributed by atoms with van der Waals surface area (Å²) in [5.74, 6) is 0.269. The lowest BCUT2D eigenvalue weighted by Crippen LogP contribution is -2.40. The van der Waals surface area contributed by atoms with E-state index in [1.165, 1.54) is 0 Å². The molecule has 1 unspecified atom stereocenters. The molecule has 21 heavy (non-hydrogen) atoms. The lowest BCUT2D eigenvalue weighted by molar-refractivity contribution is 0.0925. The van der Waals surface area contributed by atoms with Crippen LogP contribution in [0.4, 0.5) is 0 Å². The van der Waals surface area contributed by atoms with Crippen LogP contribution in [0.5, 0.6) is 0 Å². The van der Waals surface area contributed by atoms with Crippen molar-refractivity contribution in [2.45, 2.75) is 46.1 Å². The SMILES string of the molecule is CCCCC(CN)NC(=O)c1nc2nc(C)cc(C)n2n1. The average Bonchev–Trinajstić information content (AvgIpc) is 2.87. The fourth-order valence-electron chi connectivity index (χ4n) is 2.21. The molecule has 114 valence electrons. The summed E-state index contributed by atoms with van der Waals surface area (Å²) in [6, 6.07) is 1.85. The number of nitrogens with one attached hydrogen (secondary N) is 1. The van der Waals surface area contributed by atoms with Crippen LogP contribution in [0.2, 0.25) is 0 Å². The predicted molar refractivity (Wildman–Crippen MR) is 80.1 cm³/mol. The van der Waals surface area contributed by atoms with Crippen LogP contribution in [0.25, 0.3) is 5.78 Å². The first-order valence-electron chi connectivity index (χ1n) is 7.27. The third-order valence-corrected chi connectivity index (χ3v) is 3.35. The number of carbonyl (C=O) groups is 1. The molecule has 0 aliphatic carbocycles. The average molecular weight is 290 g/mol. The molecule has 0 saturated carbocycles. The molecule has 7 heteroatoms. The van der Waals surface area contributed by atoms with E-state index in [4.69, 9.17) is 5.73 Å². The highest BCUT2D eigenvalue weighted by atomic mass is 16.2. The van der Waals surface area contributed by atoms with Gasteiger partial charge in [0.1, 0.15) is 0 Å². The summed E-state index contributed by atoms with van der Waals surface area (Å²) >= 11 is 0. The van der Waals surface area contributed by atoms with Crippen molar-refractivity contribution in [3.05, 3.63) is 23.3 Å². The van der Waals surface area contributed by atoms with Gasteiger partial charge in [-0.15, -0.1) is 5.10 Å². The maximum Gasteiger partial charge on any atom is 0.291 e. The van der Waals surface area contributed by atoms with Crippen LogP contribution in [-0.2, 0) is 0 Å². The molecular weight excluding hydrogens is 268 g/mol. The third kappa shape index (κ3) is 3.55. The third-order valence-electron chi connectivity index (χ3n) is 3.35. The second-order valence-electron chi connectivity index (χ2n) is 5.23. The Bertz CT molecular complexity index is 636. The molecule has 0 aliphatic rings. The van der Waals surface area contributed by atoms with Crippen LogP contribution in [0.15, 0.2) is 6.07 Å². The molecule has 1 amide bonds. The van der Waals surface area contributed by atoms with Crippen molar-refractivity contribution in [3.8, 4) is 0 Å². The van der Waals surface area contributed by atoms with Crippen LogP contribution in [-0.4, -0.2) is 38.1 Å². The summed E-state index contributed by atoms with van der Waals surface area (Å²) in [5.41, 5.74) is 7.43. The van der Waals surface area contributed by atoms with E-state index in [2.05, 4.69) is 27.3 Å². The summed E-state index contributed by atoms with van der Waals surface area (Å²) in [4.78, 5) is 20.7. The summed E-state index contributed by atoms with van der Waals surface area (Å²) in [7, 11) is 0. The van der Waals surface area contributed by atoms with Crippen molar-refractivity contribution in [2.24, 2.45) is 5.73 Å². The smallest absolute Gasteiger partial charge is 0.291 e. The van der Waals surface area contributed by atoms with Gasteiger partial charge < -0.3 is 11.1 Å². The number of nitrogens with two attached hydrogens (primary N) is 1. The predicted octanol–water partition coefficient (Wildman–Crippen LogP) is 0.988. The number of fused-ring (bicyclic) bond motifs is 1. The summed E-state index contributed by atoms with van der Waals surface area (Å²) in [6.45, 7) is 6.31. The van der Waals surface area contributed by atoms with Crippen LogP contribution in [0.1, 0.15) is 48.2 Å². The first kappa shape index (κ1) is 15.4. The van der Waals surface area contributed by atoms with Crippen molar-refractivity contribution in [3.63, 3.8) is 0 Å². The molecule has 0 radical (unpaired) electrons. The first-order chi connectivity index (χ1) is 10.0. The lowest BCUT2D eigenvalue weighted by atomic mass is 10.1. The van der Waals surface area contributed by atoms with E-state index in [0.717, 1.165) is 30.7 Å². The molecule has 1 atom stereocenters. The Morgan fingerprint density at radius 1 is 1.43 bits per heavy atom. The number of carbonyl (C=O) groups excluding carboxylic acids is 1. The molecule has 0 fully saturated rings. The highest BCUT2D eigenvalue weighted by Crippen LogP contribution is 2.06. The Morgan fingerprint density at radius 2 is 2.19 bits per heavy atom. The van der Waals surface area contributed by atoms with Crippen LogP contribution in [0, 0.1) is 13.8 Å². The molecule has 0 aliphatic heterocycles. The van der Waals surface area contributed by atoms with E-state index < -0.39 is 0 Å². The second-order valence-corrected chi connectivity index (χ2v) is 5.23. The number of hydrogen-bond donors (Lipinski definition) is 2. The number of aryl methyl sites for hydroxylation is 2. The summed E-state index contributed by atoms with van der Waals surface area (Å²) < 4.78 is 1.57. The summed E-state index contributed by atoms with van der Waals surface area (Å²) in [5, 5.41) is 7.09. The number of rotatable bonds is 6. The van der Waals surface area contributed by atoms with Crippen molar-refractivity contribution in [1.29, 1.82) is 0 Å². The number of hydrogen-bond acceptors (Lipinski definition) is 5. The van der Waals surface area contributed by atoms with E-state index in [9.17, 15) is 4.79 Å². The minimum atomic E-state index is -0.302. The van der Waals surface area contributed by atoms with Gasteiger partial charge in [0.15, 0.2) is 0 Å². The van der Waals surface area contributed by atoms with Gasteiger partial charge in [-0.25, -0.2) is 9.50 Å². The minimum absolute atomic E-state index is 0.0418. The zero-order chi connectivity index (χ0) is 15.4. The van der Waals surface area contributed by atoms with Crippen LogP contribution in [0.3, 0.4) is 0 Å². The van der Waals surface area contributed by atoms with Gasteiger partial charge in [-0.05, 0) is 26.3 Å². The molecule has 2 aromatic heterocycles. The molecule has 0 aromatic carbocycles. The molecule has 2 aromatic rings. The van der Waals surface area contributed by atoms with E-state index in [1.807, 2.05) is 19.9 Å². The molecule has 3 N–H and O–H groups in total. The van der Waals surface area contributed by atoms with Gasteiger partial charge in [-0.2, -0.15) is 4.98 Å². The standard InChI is InChI=1S/C14H22N6O/c1-4-5-6-11(8-15)17-13(21)12-18-14-16-9(2)7-10(3)20(14)19-12/h7,11H,4-6,8,15H2,1-3H3,(H,17,21). The Kier molecular flexibility index (Phi) is 4.85. The molecular formula is C14H22N6O. The molecule has 2 heterocycles. The van der Waals surface area contributed by atoms with Crippen LogP contribution >= 0.6 is 0 Å². The largest absolute Gasteiger partial charge is 0.345 e. The van der Waals surface area contributed by atoms with Gasteiger partial charge >= 0.3 is 0 Å². The van der Waals surface area contributed by atoms with Crippen molar-refractivity contribution in [1.82, 2.24) is 24.9 Å². The van der Waals surface area contributed by atoms with E-state index in [0.29, 0.717) is 12.3 Å². The van der Waals surface area contributed by atoms with Gasteiger partial charge in [0.2, 0.25) is 5.82 Å². The molecule has 0 saturated heterocycles. The van der Waals surface area contributed by atoms with E-state index in [-0.39, 0.29) is 17.8 Å². The Labute approximate surface area is 124 Å². The fourth-order valence-corrected chi connectivity index (χ4v) is 2.21. The number of aromatic nitrogens is 4. The molecule has 7 nitrogen and oxygen atoms in total. The maximum atomic E-state index is 12.2. The molecule has 0 spiro atoms. The number of amides is 1. The maximum absolute atomic E-state index is 12.2. The Hall–Kier alpha value is -2.02. The van der Waals surface area contributed by atoms with Gasteiger partial charge in [0.05, 0.1) is 0 Å². The fraction of sp³-hybridized carbons (Fsp3) is 0.571. The second kappa shape index (κ2) is 6.62. The monoisotopic (exact) mass is 290 g/mol. The molecule has 0 bridgehead atoms. The lowest BCUT2D eigenvalue weighted by Gasteiger charge is -2.14. The normalized spacial score (nSPS) is 12.6. The molecule has 2 rings (SSSR count). The zero-order valence-electron chi connectivity index (χ0n) is 12.8. The van der Waals surface area contributed by atoms with Gasteiger partial charge in [-0.3, -0.25) is 4.79 Å². The minimum Gasteiger partial charge on any atom is -0.345 e. The number of unbranched alkanes of at least 4 members (excludes halogenated alkanes) is 1. The number of nitrogens with zero attached hydrogens (tertiary/aromatic N) is 4. The van der Waals surface area contributed by atoms with E-state index >= 15 is 0 Å². The van der Waals surface area contributed by atoms with Gasteiger partial charge in [0.25, 0.3) is 11.7 Å². The highest BCUT2D eigenvalue weighted by molar-refractivity contribution is 5.91. The van der Waals surface area contributed by atoms with Crippen molar-refractivity contribution < 1.29 is 4.79 Å². The van der Waals surface area contributed by atoms with Crippen molar-refractivity contribution >= 4 is 11.7 Å². The first-order valence-corrected chi connectivity index (χ1v) is 7.27. The topological polar surface area (TPSA) is 98.2 Å².